The maximum absolute atomic E-state index is 13.7. The molecule has 1 unspecified atom stereocenters. The fraction of sp³-hybridized carbons (Fsp3) is 0.548. The molecule has 4 bridgehead atoms. The fourth-order valence-electron chi connectivity index (χ4n) is 6.83. The average molecular weight is 506 g/mol. The van der Waals surface area contributed by atoms with Crippen molar-refractivity contribution in [2.24, 2.45) is 23.2 Å². The summed E-state index contributed by atoms with van der Waals surface area (Å²) in [5.74, 6) is 1.45. The lowest BCUT2D eigenvalue weighted by Gasteiger charge is -2.55. The van der Waals surface area contributed by atoms with E-state index in [2.05, 4.69) is 5.32 Å². The molecule has 4 aliphatic carbocycles. The van der Waals surface area contributed by atoms with E-state index in [9.17, 15) is 14.7 Å². The maximum Gasteiger partial charge on any atom is 0.343 e. The molecule has 2 N–H and O–H groups in total. The standard InChI is InChI=1S/C31H39NO5/c1-19-5-7-23(8-6-19)28(34)36-26-10-9-24(25(33)18-32-30(2,3)4)14-27(26)37-29(35)31-15-20-11-21(16-31)13-22(12-20)17-31/h5-10,14,20-22,25,32-33H,11-13,15-18H2,1-4H3. The van der Waals surface area contributed by atoms with Crippen molar-refractivity contribution >= 4 is 11.9 Å². The summed E-state index contributed by atoms with van der Waals surface area (Å²) in [6.45, 7) is 8.40. The molecule has 0 amide bonds. The summed E-state index contributed by atoms with van der Waals surface area (Å²) >= 11 is 0. The summed E-state index contributed by atoms with van der Waals surface area (Å²) in [4.78, 5) is 26.6. The van der Waals surface area contributed by atoms with Crippen LogP contribution in [-0.2, 0) is 4.79 Å². The van der Waals surface area contributed by atoms with Crippen LogP contribution in [0.15, 0.2) is 42.5 Å². The molecule has 2 aromatic rings. The lowest BCUT2D eigenvalue weighted by atomic mass is 9.49. The number of hydrogen-bond acceptors (Lipinski definition) is 6. The van der Waals surface area contributed by atoms with Crippen molar-refractivity contribution in [1.82, 2.24) is 5.32 Å². The van der Waals surface area contributed by atoms with Crippen LogP contribution in [0.25, 0.3) is 0 Å². The normalized spacial score (nSPS) is 27.1. The summed E-state index contributed by atoms with van der Waals surface area (Å²) < 4.78 is 11.8. The van der Waals surface area contributed by atoms with Crippen LogP contribution in [0.1, 0.15) is 86.9 Å². The number of carbonyl (C=O) groups excluding carboxylic acids is 2. The number of nitrogens with one attached hydrogen (secondary N) is 1. The third-order valence-corrected chi connectivity index (χ3v) is 8.34. The van der Waals surface area contributed by atoms with E-state index in [1.54, 1.807) is 30.3 Å². The van der Waals surface area contributed by atoms with E-state index in [-0.39, 0.29) is 23.0 Å². The molecular weight excluding hydrogens is 466 g/mol. The van der Waals surface area contributed by atoms with E-state index < -0.39 is 17.5 Å². The van der Waals surface area contributed by atoms with Crippen molar-refractivity contribution in [3.05, 3.63) is 59.2 Å². The van der Waals surface area contributed by atoms with Gasteiger partial charge in [-0.3, -0.25) is 4.79 Å². The van der Waals surface area contributed by atoms with Crippen LogP contribution in [0.2, 0.25) is 0 Å². The zero-order chi connectivity index (χ0) is 26.4. The Kier molecular flexibility index (Phi) is 6.92. The van der Waals surface area contributed by atoms with Gasteiger partial charge in [0, 0.05) is 12.1 Å². The summed E-state index contributed by atoms with van der Waals surface area (Å²) in [6, 6.07) is 12.1. The molecule has 0 radical (unpaired) electrons. The molecule has 0 spiro atoms. The number of hydrogen-bond donors (Lipinski definition) is 2. The van der Waals surface area contributed by atoms with E-state index in [0.29, 0.717) is 35.4 Å². The van der Waals surface area contributed by atoms with Crippen LogP contribution < -0.4 is 14.8 Å². The Labute approximate surface area is 219 Å². The first kappa shape index (κ1) is 25.9. The van der Waals surface area contributed by atoms with Gasteiger partial charge >= 0.3 is 11.9 Å². The van der Waals surface area contributed by atoms with Gasteiger partial charge < -0.3 is 19.9 Å². The van der Waals surface area contributed by atoms with E-state index in [4.69, 9.17) is 9.47 Å². The van der Waals surface area contributed by atoms with Gasteiger partial charge in [0.05, 0.1) is 17.1 Å². The molecule has 0 saturated heterocycles. The van der Waals surface area contributed by atoms with Crippen LogP contribution in [-0.4, -0.2) is 29.1 Å². The summed E-state index contributed by atoms with van der Waals surface area (Å²) in [5.41, 5.74) is 1.46. The Morgan fingerprint density at radius 2 is 1.54 bits per heavy atom. The highest BCUT2D eigenvalue weighted by Gasteiger charge is 2.55. The highest BCUT2D eigenvalue weighted by Crippen LogP contribution is 2.60. The number of ether oxygens (including phenoxy) is 2. The predicted molar refractivity (Wildman–Crippen MR) is 142 cm³/mol. The highest BCUT2D eigenvalue weighted by atomic mass is 16.6. The maximum atomic E-state index is 13.7. The van der Waals surface area contributed by atoms with Crippen molar-refractivity contribution in [3.63, 3.8) is 0 Å². The van der Waals surface area contributed by atoms with Gasteiger partial charge in [-0.2, -0.15) is 0 Å². The smallest absolute Gasteiger partial charge is 0.343 e. The Balaban J connectivity index is 1.40. The topological polar surface area (TPSA) is 84.9 Å². The largest absolute Gasteiger partial charge is 0.422 e. The molecule has 4 aliphatic rings. The average Bonchev–Trinajstić information content (AvgIpc) is 2.82. The lowest BCUT2D eigenvalue weighted by molar-refractivity contribution is -0.161. The van der Waals surface area contributed by atoms with Gasteiger partial charge in [-0.15, -0.1) is 0 Å². The van der Waals surface area contributed by atoms with Gasteiger partial charge in [0.25, 0.3) is 0 Å². The number of aliphatic hydroxyl groups excluding tert-OH is 1. The molecule has 1 atom stereocenters. The van der Waals surface area contributed by atoms with Gasteiger partial charge in [0.15, 0.2) is 11.5 Å². The monoisotopic (exact) mass is 505 g/mol. The molecule has 6 nitrogen and oxygen atoms in total. The second-order valence-electron chi connectivity index (χ2n) is 12.7. The SMILES string of the molecule is Cc1ccc(C(=O)Oc2ccc(C(O)CNC(C)(C)C)cc2OC(=O)C23CC4CC(CC(C4)C2)C3)cc1. The number of esters is 2. The van der Waals surface area contributed by atoms with Crippen molar-refractivity contribution in [3.8, 4) is 11.5 Å². The van der Waals surface area contributed by atoms with Gasteiger partial charge in [-0.25, -0.2) is 4.79 Å². The van der Waals surface area contributed by atoms with Gasteiger partial charge in [0.1, 0.15) is 0 Å². The molecule has 2 aromatic carbocycles. The van der Waals surface area contributed by atoms with E-state index in [1.165, 1.54) is 19.3 Å². The van der Waals surface area contributed by atoms with Gasteiger partial charge in [-0.05, 0) is 114 Å². The molecule has 37 heavy (non-hydrogen) atoms. The fourth-order valence-corrected chi connectivity index (χ4v) is 6.83. The molecule has 4 fully saturated rings. The molecule has 4 saturated carbocycles. The second-order valence-corrected chi connectivity index (χ2v) is 12.7. The number of rotatable bonds is 7. The second kappa shape index (κ2) is 9.88. The van der Waals surface area contributed by atoms with E-state index >= 15 is 0 Å². The third kappa shape index (κ3) is 5.75. The minimum atomic E-state index is -0.807. The number of aryl methyl sites for hydroxylation is 1. The first-order valence-corrected chi connectivity index (χ1v) is 13.6. The van der Waals surface area contributed by atoms with Crippen LogP contribution in [0.5, 0.6) is 11.5 Å². The van der Waals surface area contributed by atoms with Crippen molar-refractivity contribution in [2.75, 3.05) is 6.54 Å². The van der Waals surface area contributed by atoms with Crippen LogP contribution in [0, 0.1) is 30.1 Å². The van der Waals surface area contributed by atoms with E-state index in [0.717, 1.165) is 24.8 Å². The summed E-state index contributed by atoms with van der Waals surface area (Å²) in [6.07, 6.45) is 5.53. The van der Waals surface area contributed by atoms with Crippen molar-refractivity contribution in [1.29, 1.82) is 0 Å². The lowest BCUT2D eigenvalue weighted by Crippen LogP contribution is -2.51. The third-order valence-electron chi connectivity index (χ3n) is 8.34. The van der Waals surface area contributed by atoms with Crippen LogP contribution in [0.4, 0.5) is 0 Å². The van der Waals surface area contributed by atoms with E-state index in [1.807, 2.05) is 39.8 Å². The van der Waals surface area contributed by atoms with Crippen molar-refractivity contribution < 1.29 is 24.2 Å². The zero-order valence-corrected chi connectivity index (χ0v) is 22.4. The van der Waals surface area contributed by atoms with Gasteiger partial charge in [-0.1, -0.05) is 23.8 Å². The Hall–Kier alpha value is -2.70. The Morgan fingerprint density at radius 3 is 2.11 bits per heavy atom. The quantitative estimate of drug-likeness (QED) is 0.368. The predicted octanol–water partition coefficient (Wildman–Crippen LogP) is 5.76. The molecule has 198 valence electrons. The molecule has 0 heterocycles. The first-order chi connectivity index (χ1) is 17.5. The number of β-amino-alcohol motifs (C(OH)–C–C–N with tert-alkyl or cyclic N) is 1. The first-order valence-electron chi connectivity index (χ1n) is 13.6. The van der Waals surface area contributed by atoms with Crippen LogP contribution >= 0.6 is 0 Å². The molecule has 6 heteroatoms. The zero-order valence-electron chi connectivity index (χ0n) is 22.4. The number of carbonyl (C=O) groups is 2. The van der Waals surface area contributed by atoms with Gasteiger partial charge in [0.2, 0.25) is 0 Å². The number of aliphatic hydroxyl groups is 1. The minimum absolute atomic E-state index is 0.154. The molecule has 0 aliphatic heterocycles. The Morgan fingerprint density at radius 1 is 0.946 bits per heavy atom. The highest BCUT2D eigenvalue weighted by molar-refractivity contribution is 5.91. The Bertz CT molecular complexity index is 1130. The molecular formula is C31H39NO5. The molecule has 6 rings (SSSR count). The van der Waals surface area contributed by atoms with Crippen molar-refractivity contribution in [2.45, 2.75) is 77.9 Å². The van der Waals surface area contributed by atoms with Crippen LogP contribution in [0.3, 0.4) is 0 Å². The minimum Gasteiger partial charge on any atom is -0.422 e. The summed E-state index contributed by atoms with van der Waals surface area (Å²) in [5, 5.41) is 14.1. The summed E-state index contributed by atoms with van der Waals surface area (Å²) in [7, 11) is 0. The number of benzene rings is 2. The molecule has 0 aromatic heterocycles.